The molecule has 2 aromatic carbocycles. The zero-order chi connectivity index (χ0) is 19.4. The predicted molar refractivity (Wildman–Crippen MR) is 112 cm³/mol. The van der Waals surface area contributed by atoms with Gasteiger partial charge in [0.25, 0.3) is 5.91 Å². The highest BCUT2D eigenvalue weighted by Crippen LogP contribution is 2.22. The van der Waals surface area contributed by atoms with Crippen molar-refractivity contribution in [2.75, 3.05) is 10.6 Å². The molecule has 3 aromatic rings. The number of hydrogen-bond acceptors (Lipinski definition) is 3. The molecule has 1 amide bonds. The molecule has 0 aliphatic rings. The molecule has 0 radical (unpaired) electrons. The van der Waals surface area contributed by atoms with Gasteiger partial charge in [-0.25, -0.2) is 4.98 Å². The lowest BCUT2D eigenvalue weighted by molar-refractivity contribution is 0.102. The molecule has 0 aliphatic heterocycles. The molecule has 1 aromatic heterocycles. The molecule has 0 aliphatic carbocycles. The molecule has 1 heterocycles. The van der Waals surface area contributed by atoms with Gasteiger partial charge in [-0.15, -0.1) is 0 Å². The smallest absolute Gasteiger partial charge is 0.255 e. The van der Waals surface area contributed by atoms with E-state index in [0.29, 0.717) is 11.3 Å². The van der Waals surface area contributed by atoms with Gasteiger partial charge in [-0.2, -0.15) is 0 Å². The summed E-state index contributed by atoms with van der Waals surface area (Å²) in [5.74, 6) is 0.586. The number of amides is 1. The third-order valence-corrected chi connectivity index (χ3v) is 4.36. The number of nitrogens with zero attached hydrogens (tertiary/aromatic N) is 1. The Labute approximate surface area is 160 Å². The zero-order valence-electron chi connectivity index (χ0n) is 16.2. The van der Waals surface area contributed by atoms with E-state index in [0.717, 1.165) is 11.5 Å². The largest absolute Gasteiger partial charge is 0.340 e. The van der Waals surface area contributed by atoms with Crippen LogP contribution in [-0.4, -0.2) is 10.9 Å². The van der Waals surface area contributed by atoms with Crippen molar-refractivity contribution in [1.82, 2.24) is 4.98 Å². The number of anilines is 3. The van der Waals surface area contributed by atoms with Gasteiger partial charge in [-0.1, -0.05) is 50.6 Å². The highest BCUT2D eigenvalue weighted by atomic mass is 16.1. The number of carbonyl (C=O) groups excluding carboxylic acids is 1. The number of carbonyl (C=O) groups is 1. The van der Waals surface area contributed by atoms with Gasteiger partial charge in [0.2, 0.25) is 0 Å². The fraction of sp³-hybridized carbons (Fsp3) is 0.217. The molecule has 0 saturated carbocycles. The van der Waals surface area contributed by atoms with Crippen LogP contribution in [0.3, 0.4) is 0 Å². The zero-order valence-corrected chi connectivity index (χ0v) is 16.2. The van der Waals surface area contributed by atoms with E-state index in [1.165, 1.54) is 11.1 Å². The van der Waals surface area contributed by atoms with E-state index in [1.54, 1.807) is 6.20 Å². The van der Waals surface area contributed by atoms with Gasteiger partial charge in [-0.05, 0) is 54.3 Å². The summed E-state index contributed by atoms with van der Waals surface area (Å²) in [5.41, 5.74) is 4.75. The topological polar surface area (TPSA) is 54.0 Å². The first kappa shape index (κ1) is 18.6. The first-order valence-corrected chi connectivity index (χ1v) is 9.03. The van der Waals surface area contributed by atoms with Crippen LogP contribution in [0.4, 0.5) is 17.2 Å². The van der Waals surface area contributed by atoms with Crippen LogP contribution in [0.5, 0.6) is 0 Å². The van der Waals surface area contributed by atoms with Crippen molar-refractivity contribution in [1.29, 1.82) is 0 Å². The number of benzene rings is 2. The van der Waals surface area contributed by atoms with Gasteiger partial charge < -0.3 is 10.6 Å². The van der Waals surface area contributed by atoms with Crippen molar-refractivity contribution in [2.24, 2.45) is 0 Å². The summed E-state index contributed by atoms with van der Waals surface area (Å²) in [6.07, 6.45) is 1.65. The van der Waals surface area contributed by atoms with E-state index in [9.17, 15) is 4.79 Å². The Bertz CT molecular complexity index is 906. The number of rotatable bonds is 4. The second-order valence-electron chi connectivity index (χ2n) is 7.70. The van der Waals surface area contributed by atoms with Crippen LogP contribution in [-0.2, 0) is 5.41 Å². The first-order valence-electron chi connectivity index (χ1n) is 9.03. The van der Waals surface area contributed by atoms with E-state index in [2.05, 4.69) is 43.3 Å². The van der Waals surface area contributed by atoms with Crippen LogP contribution in [0.1, 0.15) is 42.3 Å². The van der Waals surface area contributed by atoms with Gasteiger partial charge in [0.15, 0.2) is 0 Å². The predicted octanol–water partition coefficient (Wildman–Crippen LogP) is 5.68. The van der Waals surface area contributed by atoms with Gasteiger partial charge in [0, 0.05) is 11.3 Å². The molecule has 3 rings (SSSR count). The van der Waals surface area contributed by atoms with Crippen LogP contribution >= 0.6 is 0 Å². The fourth-order valence-corrected chi connectivity index (χ4v) is 2.65. The Kier molecular flexibility index (Phi) is 5.26. The lowest BCUT2D eigenvalue weighted by Crippen LogP contribution is -2.14. The minimum Gasteiger partial charge on any atom is -0.340 e. The summed E-state index contributed by atoms with van der Waals surface area (Å²) in [6.45, 7) is 8.51. The normalized spacial score (nSPS) is 11.1. The van der Waals surface area contributed by atoms with Crippen LogP contribution < -0.4 is 10.6 Å². The third-order valence-electron chi connectivity index (χ3n) is 4.36. The van der Waals surface area contributed by atoms with E-state index < -0.39 is 0 Å². The molecule has 4 heteroatoms. The van der Waals surface area contributed by atoms with Gasteiger partial charge in [-0.3, -0.25) is 4.79 Å². The summed E-state index contributed by atoms with van der Waals surface area (Å²) < 4.78 is 0. The Morgan fingerprint density at radius 1 is 0.852 bits per heavy atom. The first-order chi connectivity index (χ1) is 12.8. The minimum atomic E-state index is -0.142. The summed E-state index contributed by atoms with van der Waals surface area (Å²) in [4.78, 5) is 16.8. The molecule has 2 N–H and O–H groups in total. The standard InChI is InChI=1S/C23H25N3O/c1-16-5-11-19(12-6-16)25-21-14-13-20(15-24-21)26-22(27)17-7-9-18(10-8-17)23(2,3)4/h5-15H,1-4H3,(H,24,25)(H,26,27). The summed E-state index contributed by atoms with van der Waals surface area (Å²) in [5, 5.41) is 6.13. The molecule has 0 spiro atoms. The van der Waals surface area contributed by atoms with Crippen LogP contribution in [0.2, 0.25) is 0 Å². The van der Waals surface area contributed by atoms with Crippen molar-refractivity contribution in [3.05, 3.63) is 83.6 Å². The molecule has 4 nitrogen and oxygen atoms in total. The highest BCUT2D eigenvalue weighted by molar-refractivity contribution is 6.04. The quantitative estimate of drug-likeness (QED) is 0.630. The number of hydrogen-bond donors (Lipinski definition) is 2. The Balaban J connectivity index is 1.63. The summed E-state index contributed by atoms with van der Waals surface area (Å²) >= 11 is 0. The number of aromatic nitrogens is 1. The maximum Gasteiger partial charge on any atom is 0.255 e. The maximum atomic E-state index is 12.4. The Morgan fingerprint density at radius 3 is 2.04 bits per heavy atom. The fourth-order valence-electron chi connectivity index (χ4n) is 2.65. The van der Waals surface area contributed by atoms with Gasteiger partial charge in [0.05, 0.1) is 11.9 Å². The Hall–Kier alpha value is -3.14. The molecule has 0 saturated heterocycles. The Morgan fingerprint density at radius 2 is 1.48 bits per heavy atom. The summed E-state index contributed by atoms with van der Waals surface area (Å²) in [6, 6.07) is 19.5. The monoisotopic (exact) mass is 359 g/mol. The second-order valence-corrected chi connectivity index (χ2v) is 7.70. The lowest BCUT2D eigenvalue weighted by atomic mass is 9.87. The van der Waals surface area contributed by atoms with E-state index in [-0.39, 0.29) is 11.3 Å². The minimum absolute atomic E-state index is 0.0687. The van der Waals surface area contributed by atoms with E-state index >= 15 is 0 Å². The number of nitrogens with one attached hydrogen (secondary N) is 2. The van der Waals surface area contributed by atoms with Crippen molar-refractivity contribution in [3.8, 4) is 0 Å². The third kappa shape index (κ3) is 4.94. The molecule has 0 atom stereocenters. The van der Waals surface area contributed by atoms with Crippen LogP contribution in [0.15, 0.2) is 66.9 Å². The maximum absolute atomic E-state index is 12.4. The van der Waals surface area contributed by atoms with Gasteiger partial charge in [0.1, 0.15) is 5.82 Å². The van der Waals surface area contributed by atoms with E-state index in [4.69, 9.17) is 0 Å². The summed E-state index contributed by atoms with van der Waals surface area (Å²) in [7, 11) is 0. The van der Waals surface area contributed by atoms with Crippen molar-refractivity contribution < 1.29 is 4.79 Å². The second kappa shape index (κ2) is 7.62. The molecular weight excluding hydrogens is 334 g/mol. The highest BCUT2D eigenvalue weighted by Gasteiger charge is 2.14. The average molecular weight is 359 g/mol. The lowest BCUT2D eigenvalue weighted by Gasteiger charge is -2.19. The molecule has 138 valence electrons. The SMILES string of the molecule is Cc1ccc(Nc2ccc(NC(=O)c3ccc(C(C)(C)C)cc3)cn2)cc1. The number of aryl methyl sites for hydroxylation is 1. The molecule has 27 heavy (non-hydrogen) atoms. The van der Waals surface area contributed by atoms with E-state index in [1.807, 2.05) is 60.7 Å². The molecule has 0 bridgehead atoms. The molecule has 0 fully saturated rings. The molecular formula is C23H25N3O. The van der Waals surface area contributed by atoms with Crippen LogP contribution in [0.25, 0.3) is 0 Å². The van der Waals surface area contributed by atoms with Crippen LogP contribution in [0, 0.1) is 6.92 Å². The molecule has 0 unspecified atom stereocenters. The average Bonchev–Trinajstić information content (AvgIpc) is 2.64. The van der Waals surface area contributed by atoms with Gasteiger partial charge >= 0.3 is 0 Å². The number of pyridine rings is 1. The van der Waals surface area contributed by atoms with Crippen molar-refractivity contribution in [3.63, 3.8) is 0 Å². The van der Waals surface area contributed by atoms with Crippen molar-refractivity contribution in [2.45, 2.75) is 33.1 Å². The van der Waals surface area contributed by atoms with Crippen molar-refractivity contribution >= 4 is 23.1 Å².